The highest BCUT2D eigenvalue weighted by Gasteiger charge is 2.68. The van der Waals surface area contributed by atoms with E-state index in [9.17, 15) is 24.6 Å². The number of allylic oxidation sites excluding steroid dienone is 4. The molecule has 0 heterocycles. The summed E-state index contributed by atoms with van der Waals surface area (Å²) >= 11 is 5.79. The lowest BCUT2D eigenvalue weighted by Crippen LogP contribution is -2.61. The lowest BCUT2D eigenvalue weighted by atomic mass is 9.46. The third-order valence-corrected chi connectivity index (χ3v) is 10.1. The third kappa shape index (κ3) is 3.72. The van der Waals surface area contributed by atoms with Crippen molar-refractivity contribution in [2.75, 3.05) is 6.61 Å². The van der Waals surface area contributed by atoms with Crippen LogP contribution in [0.25, 0.3) is 0 Å². The second kappa shape index (κ2) is 8.93. The predicted octanol–water partition coefficient (Wildman–Crippen LogP) is 4.16. The van der Waals surface area contributed by atoms with Crippen LogP contribution in [-0.4, -0.2) is 46.1 Å². The summed E-state index contributed by atoms with van der Waals surface area (Å²) < 4.78 is 5.30. The number of benzene rings is 1. The molecule has 0 aliphatic heterocycles. The first-order valence-electron chi connectivity index (χ1n) is 12.7. The van der Waals surface area contributed by atoms with E-state index < -0.39 is 40.9 Å². The van der Waals surface area contributed by atoms with Crippen molar-refractivity contribution in [3.05, 3.63) is 59.2 Å². The van der Waals surface area contributed by atoms with Crippen molar-refractivity contribution in [3.63, 3.8) is 0 Å². The standard InChI is InChI=1S/C29H33ClO6/c1-27-11-9-20(31)13-19(27)7-8-21-22-10-12-29(35,28(22,2)14-23(32)25(21)27)24(33)16-36-26(34)18-5-3-17(15-30)4-6-18/h3-6,9,11,13,21-23,25,32,35H,7-8,10,12,14-16H2,1-2H3/t21-,22-,23?,25+,27-,28-,29-/m0/s1. The first-order valence-corrected chi connectivity index (χ1v) is 13.3. The van der Waals surface area contributed by atoms with E-state index in [4.69, 9.17) is 16.3 Å². The molecule has 0 bridgehead atoms. The Labute approximate surface area is 216 Å². The van der Waals surface area contributed by atoms with E-state index in [0.717, 1.165) is 24.0 Å². The third-order valence-electron chi connectivity index (χ3n) is 9.79. The number of alkyl halides is 1. The summed E-state index contributed by atoms with van der Waals surface area (Å²) in [5.74, 6) is -0.747. The minimum atomic E-state index is -1.68. The number of carbonyl (C=O) groups is 3. The second-order valence-electron chi connectivity index (χ2n) is 11.4. The summed E-state index contributed by atoms with van der Waals surface area (Å²) in [4.78, 5) is 37.9. The van der Waals surface area contributed by atoms with E-state index in [-0.39, 0.29) is 36.4 Å². The zero-order chi connectivity index (χ0) is 25.9. The molecule has 7 heteroatoms. The van der Waals surface area contributed by atoms with Crippen LogP contribution in [0.2, 0.25) is 0 Å². The van der Waals surface area contributed by atoms with E-state index in [1.54, 1.807) is 36.4 Å². The maximum absolute atomic E-state index is 13.4. The summed E-state index contributed by atoms with van der Waals surface area (Å²) in [7, 11) is 0. The highest BCUT2D eigenvalue weighted by molar-refractivity contribution is 6.17. The summed E-state index contributed by atoms with van der Waals surface area (Å²) in [5.41, 5.74) is -0.668. The molecule has 2 N–H and O–H groups in total. The lowest BCUT2D eigenvalue weighted by molar-refractivity contribution is -0.178. The molecule has 5 rings (SSSR count). The molecule has 6 nitrogen and oxygen atoms in total. The van der Waals surface area contributed by atoms with Crippen molar-refractivity contribution in [1.82, 2.24) is 0 Å². The van der Waals surface area contributed by atoms with Crippen molar-refractivity contribution in [1.29, 1.82) is 0 Å². The normalized spacial score (nSPS) is 39.0. The molecule has 3 fully saturated rings. The topological polar surface area (TPSA) is 101 Å². The Morgan fingerprint density at radius 3 is 2.58 bits per heavy atom. The number of ketones is 2. The molecule has 1 aromatic carbocycles. The Kier molecular flexibility index (Phi) is 6.29. The molecule has 7 atom stereocenters. The van der Waals surface area contributed by atoms with Gasteiger partial charge in [0.1, 0.15) is 5.60 Å². The van der Waals surface area contributed by atoms with Crippen LogP contribution in [0.5, 0.6) is 0 Å². The molecule has 4 aliphatic rings. The Bertz CT molecular complexity index is 1150. The number of carbonyl (C=O) groups excluding carboxylic acids is 3. The highest BCUT2D eigenvalue weighted by atomic mass is 35.5. The van der Waals surface area contributed by atoms with E-state index in [2.05, 4.69) is 6.92 Å². The Morgan fingerprint density at radius 1 is 1.17 bits per heavy atom. The molecule has 0 aromatic heterocycles. The fraction of sp³-hybridized carbons (Fsp3) is 0.552. The number of fused-ring (bicyclic) bond motifs is 5. The zero-order valence-electron chi connectivity index (χ0n) is 20.7. The van der Waals surface area contributed by atoms with Crippen LogP contribution in [0, 0.1) is 28.6 Å². The van der Waals surface area contributed by atoms with E-state index in [1.165, 1.54) is 0 Å². The quantitative estimate of drug-likeness (QED) is 0.454. The molecule has 192 valence electrons. The number of esters is 1. The first-order chi connectivity index (χ1) is 17.0. The number of Topliss-reactive ketones (excluding diaryl/α,β-unsaturated/α-hetero) is 1. The van der Waals surface area contributed by atoms with Gasteiger partial charge in [-0.3, -0.25) is 9.59 Å². The molecule has 0 radical (unpaired) electrons. The minimum Gasteiger partial charge on any atom is -0.454 e. The van der Waals surface area contributed by atoms with Gasteiger partial charge in [0.2, 0.25) is 5.78 Å². The molecular weight excluding hydrogens is 480 g/mol. The summed E-state index contributed by atoms with van der Waals surface area (Å²) in [6, 6.07) is 6.65. The molecular formula is C29H33ClO6. The number of aliphatic hydroxyl groups is 2. The molecule has 0 saturated heterocycles. The number of hydrogen-bond donors (Lipinski definition) is 2. The zero-order valence-corrected chi connectivity index (χ0v) is 21.5. The molecule has 36 heavy (non-hydrogen) atoms. The molecule has 0 spiro atoms. The highest BCUT2D eigenvalue weighted by Crippen LogP contribution is 2.67. The summed E-state index contributed by atoms with van der Waals surface area (Å²) in [5, 5.41) is 23.2. The molecule has 3 saturated carbocycles. The Balaban J connectivity index is 1.34. The number of ether oxygens (including phenoxy) is 1. The Morgan fingerprint density at radius 2 is 1.89 bits per heavy atom. The van der Waals surface area contributed by atoms with Crippen LogP contribution >= 0.6 is 11.6 Å². The summed E-state index contributed by atoms with van der Waals surface area (Å²) in [6.45, 7) is 3.48. The molecule has 0 amide bonds. The number of rotatable bonds is 5. The van der Waals surface area contributed by atoms with Gasteiger partial charge in [0.05, 0.1) is 11.7 Å². The average Bonchev–Trinajstić information content (AvgIpc) is 3.13. The van der Waals surface area contributed by atoms with Crippen LogP contribution in [0.1, 0.15) is 61.9 Å². The van der Waals surface area contributed by atoms with Crippen molar-refractivity contribution >= 4 is 29.1 Å². The smallest absolute Gasteiger partial charge is 0.338 e. The predicted molar refractivity (Wildman–Crippen MR) is 134 cm³/mol. The van der Waals surface area contributed by atoms with Crippen LogP contribution < -0.4 is 0 Å². The number of hydrogen-bond acceptors (Lipinski definition) is 6. The molecule has 1 unspecified atom stereocenters. The van der Waals surface area contributed by atoms with Crippen molar-refractivity contribution in [2.24, 2.45) is 28.6 Å². The van der Waals surface area contributed by atoms with Crippen molar-refractivity contribution in [3.8, 4) is 0 Å². The van der Waals surface area contributed by atoms with E-state index >= 15 is 0 Å². The fourth-order valence-electron chi connectivity index (χ4n) is 7.85. The van der Waals surface area contributed by atoms with Gasteiger partial charge < -0.3 is 14.9 Å². The molecule has 1 aromatic rings. The van der Waals surface area contributed by atoms with Crippen LogP contribution in [-0.2, 0) is 20.2 Å². The van der Waals surface area contributed by atoms with Gasteiger partial charge in [-0.25, -0.2) is 4.79 Å². The second-order valence-corrected chi connectivity index (χ2v) is 11.7. The molecule has 4 aliphatic carbocycles. The number of halogens is 1. The van der Waals surface area contributed by atoms with Crippen LogP contribution in [0.3, 0.4) is 0 Å². The van der Waals surface area contributed by atoms with Crippen molar-refractivity contribution < 1.29 is 29.3 Å². The van der Waals surface area contributed by atoms with Gasteiger partial charge in [-0.15, -0.1) is 11.6 Å². The summed E-state index contributed by atoms with van der Waals surface area (Å²) in [6.07, 6.45) is 7.31. The van der Waals surface area contributed by atoms with Gasteiger partial charge in [-0.05, 0) is 73.8 Å². The van der Waals surface area contributed by atoms with Crippen LogP contribution in [0.4, 0.5) is 0 Å². The first kappa shape index (κ1) is 25.4. The SMILES string of the molecule is C[C@]12C=CC(=O)C=C1CC[C@@H]1[C@@H]2C(O)C[C@@]2(C)[C@H]1CC[C@]2(O)C(=O)COC(=O)c1ccc(CCl)cc1. The van der Waals surface area contributed by atoms with Crippen LogP contribution in [0.15, 0.2) is 48.1 Å². The van der Waals surface area contributed by atoms with Gasteiger partial charge in [0.25, 0.3) is 0 Å². The number of aliphatic hydroxyl groups excluding tert-OH is 1. The monoisotopic (exact) mass is 512 g/mol. The van der Waals surface area contributed by atoms with Gasteiger partial charge >= 0.3 is 5.97 Å². The van der Waals surface area contributed by atoms with Gasteiger partial charge in [0, 0.05) is 22.6 Å². The van der Waals surface area contributed by atoms with Gasteiger partial charge in [-0.2, -0.15) is 0 Å². The maximum atomic E-state index is 13.4. The fourth-order valence-corrected chi connectivity index (χ4v) is 8.03. The lowest BCUT2D eigenvalue weighted by Gasteiger charge is -2.59. The minimum absolute atomic E-state index is 0.0126. The largest absolute Gasteiger partial charge is 0.454 e. The average molecular weight is 513 g/mol. The Hall–Kier alpha value is -2.28. The van der Waals surface area contributed by atoms with E-state index in [0.29, 0.717) is 17.9 Å². The van der Waals surface area contributed by atoms with Gasteiger partial charge in [-0.1, -0.05) is 37.6 Å². The van der Waals surface area contributed by atoms with Gasteiger partial charge in [0.15, 0.2) is 12.4 Å². The maximum Gasteiger partial charge on any atom is 0.338 e. The van der Waals surface area contributed by atoms with E-state index in [1.807, 2.05) is 13.0 Å². The van der Waals surface area contributed by atoms with Crippen molar-refractivity contribution in [2.45, 2.75) is 63.5 Å².